The highest BCUT2D eigenvalue weighted by molar-refractivity contribution is 6.20. The average Bonchev–Trinajstić information content (AvgIpc) is 3.50. The number of aliphatic carboxylic acids is 1. The van der Waals surface area contributed by atoms with Crippen LogP contribution in [0, 0.1) is 24.7 Å². The predicted molar refractivity (Wildman–Crippen MR) is 154 cm³/mol. The number of carboxylic acid groups (broad SMARTS) is 1. The maximum atomic E-state index is 12.8. The first-order valence-electron chi connectivity index (χ1n) is 12.7. The molecule has 3 atom stereocenters. The van der Waals surface area contributed by atoms with Crippen molar-refractivity contribution >= 4 is 47.4 Å². The van der Waals surface area contributed by atoms with Crippen molar-refractivity contribution < 1.29 is 24.2 Å². The normalized spacial score (nSPS) is 24.1. The third-order valence-electron chi connectivity index (χ3n) is 7.30. The van der Waals surface area contributed by atoms with E-state index in [9.17, 15) is 19.5 Å². The zero-order chi connectivity index (χ0) is 29.0. The summed E-state index contributed by atoms with van der Waals surface area (Å²) in [6.45, 7) is 13.8. The number of likely N-dealkylation sites (N-methyl/N-ethyl adjacent to an activating group) is 1. The molecular formula is C30H36N4O5. The summed E-state index contributed by atoms with van der Waals surface area (Å²) in [5.74, 6) is -3.65. The van der Waals surface area contributed by atoms with E-state index in [2.05, 4.69) is 28.5 Å². The van der Waals surface area contributed by atoms with E-state index in [4.69, 9.17) is 9.73 Å². The standard InChI is InChI=1S/C30H36N4O5/c1-9-18-16(4)21(33-23(18)12-20(31-6)15(2)3)13-22-17(5)19(10-11-26(36)37)29(34-22)27-24(32-7)14-25(35)28(27)30(38)39-8/h9,12-14,17,19,28,32-33H,1-2,10-11H2,3-8H3,(H,36,37)/b21-13-,23-12-,29-27+,31-20-/t17-,19-,28-/m0/s1. The zero-order valence-corrected chi connectivity index (χ0v) is 23.3. The van der Waals surface area contributed by atoms with Crippen LogP contribution in [-0.2, 0) is 19.1 Å². The number of aliphatic imine (C=N–C) groups is 2. The van der Waals surface area contributed by atoms with Crippen molar-refractivity contribution in [2.45, 2.75) is 33.6 Å². The highest BCUT2D eigenvalue weighted by atomic mass is 16.5. The van der Waals surface area contributed by atoms with E-state index in [1.54, 1.807) is 20.2 Å². The Morgan fingerprint density at radius 2 is 2.03 bits per heavy atom. The molecule has 0 radical (unpaired) electrons. The van der Waals surface area contributed by atoms with E-state index in [0.29, 0.717) is 29.1 Å². The number of allylic oxidation sites excluding steroid dienone is 4. The quantitative estimate of drug-likeness (QED) is 0.254. The number of nitrogens with one attached hydrogen (secondary N) is 2. The Morgan fingerprint density at radius 3 is 2.56 bits per heavy atom. The van der Waals surface area contributed by atoms with Gasteiger partial charge in [0.25, 0.3) is 0 Å². The van der Waals surface area contributed by atoms with Crippen LogP contribution in [0.2, 0.25) is 0 Å². The van der Waals surface area contributed by atoms with Crippen molar-refractivity contribution in [2.75, 3.05) is 21.2 Å². The van der Waals surface area contributed by atoms with Gasteiger partial charge in [-0.25, -0.2) is 0 Å². The number of carboxylic acids is 1. The van der Waals surface area contributed by atoms with Gasteiger partial charge in [-0.05, 0) is 43.6 Å². The van der Waals surface area contributed by atoms with Crippen LogP contribution in [0.5, 0.6) is 0 Å². The first kappa shape index (κ1) is 29.3. The lowest BCUT2D eigenvalue weighted by Crippen LogP contribution is -2.26. The van der Waals surface area contributed by atoms with Gasteiger partial charge >= 0.3 is 11.9 Å². The van der Waals surface area contributed by atoms with Crippen LogP contribution >= 0.6 is 0 Å². The molecule has 2 aliphatic rings. The molecule has 9 nitrogen and oxygen atoms in total. The second-order valence-electron chi connectivity index (χ2n) is 9.70. The molecule has 1 aliphatic heterocycles. The SMILES string of the molecule is C=Cc1c(C)/c(=C/C2=NC(=C3\C(NC)=CC(=O)[C@@H]3C(=O)OC)/[C@@H](CCC(=O)O)[C@@H]2C)[nH]/c1=C\C(=N\C)C(=C)C. The Labute approximate surface area is 228 Å². The lowest BCUT2D eigenvalue weighted by molar-refractivity contribution is -0.146. The molecule has 39 heavy (non-hydrogen) atoms. The summed E-state index contributed by atoms with van der Waals surface area (Å²) < 4.78 is 4.93. The van der Waals surface area contributed by atoms with E-state index >= 15 is 0 Å². The first-order valence-corrected chi connectivity index (χ1v) is 12.7. The van der Waals surface area contributed by atoms with Crippen LogP contribution in [0.15, 0.2) is 51.8 Å². The summed E-state index contributed by atoms with van der Waals surface area (Å²) in [5.41, 5.74) is 5.63. The molecule has 3 N–H and O–H groups in total. The Bertz CT molecular complexity index is 1490. The molecule has 0 spiro atoms. The lowest BCUT2D eigenvalue weighted by atomic mass is 9.83. The molecule has 0 fully saturated rings. The van der Waals surface area contributed by atoms with E-state index in [1.807, 2.05) is 32.9 Å². The number of aromatic amines is 1. The second kappa shape index (κ2) is 12.1. The molecule has 0 saturated carbocycles. The number of rotatable bonds is 9. The summed E-state index contributed by atoms with van der Waals surface area (Å²) in [7, 11) is 4.61. The Kier molecular flexibility index (Phi) is 9.06. The largest absolute Gasteiger partial charge is 0.481 e. The Hall–Kier alpha value is -4.27. The van der Waals surface area contributed by atoms with Crippen molar-refractivity contribution in [3.63, 3.8) is 0 Å². The van der Waals surface area contributed by atoms with Crippen LogP contribution in [0.4, 0.5) is 0 Å². The number of carbonyl (C=O) groups excluding carboxylic acids is 2. The van der Waals surface area contributed by atoms with E-state index in [0.717, 1.165) is 33.1 Å². The number of H-pyrrole nitrogens is 1. The number of nitrogens with zero attached hydrogens (tertiary/aromatic N) is 2. The predicted octanol–water partition coefficient (Wildman–Crippen LogP) is 2.48. The summed E-state index contributed by atoms with van der Waals surface area (Å²) in [6.07, 6.45) is 7.22. The van der Waals surface area contributed by atoms with E-state index in [1.165, 1.54) is 13.2 Å². The number of esters is 1. The maximum Gasteiger partial charge on any atom is 0.321 e. The van der Waals surface area contributed by atoms with Crippen molar-refractivity contribution in [1.29, 1.82) is 0 Å². The lowest BCUT2D eigenvalue weighted by Gasteiger charge is -2.21. The van der Waals surface area contributed by atoms with Crippen LogP contribution in [0.1, 0.15) is 37.8 Å². The van der Waals surface area contributed by atoms with Gasteiger partial charge in [-0.2, -0.15) is 0 Å². The molecule has 1 aromatic rings. The van der Waals surface area contributed by atoms with Gasteiger partial charge in [0.15, 0.2) is 5.78 Å². The van der Waals surface area contributed by atoms with Crippen LogP contribution < -0.4 is 16.0 Å². The molecule has 1 aliphatic carbocycles. The van der Waals surface area contributed by atoms with E-state index < -0.39 is 23.6 Å². The Morgan fingerprint density at radius 1 is 1.33 bits per heavy atom. The Balaban J connectivity index is 2.27. The smallest absolute Gasteiger partial charge is 0.321 e. The van der Waals surface area contributed by atoms with Gasteiger partial charge < -0.3 is 20.1 Å². The summed E-state index contributed by atoms with van der Waals surface area (Å²) in [4.78, 5) is 49.6. The first-order chi connectivity index (χ1) is 18.5. The summed E-state index contributed by atoms with van der Waals surface area (Å²) in [5, 5.41) is 14.1. The number of hydrogen-bond donors (Lipinski definition) is 3. The van der Waals surface area contributed by atoms with Gasteiger partial charge in [0, 0.05) is 71.7 Å². The number of carbonyl (C=O) groups is 3. The third-order valence-corrected chi connectivity index (χ3v) is 7.30. The molecule has 2 heterocycles. The van der Waals surface area contributed by atoms with Crippen LogP contribution in [-0.4, -0.2) is 60.4 Å². The minimum Gasteiger partial charge on any atom is -0.481 e. The van der Waals surface area contributed by atoms with Gasteiger partial charge in [0.2, 0.25) is 0 Å². The van der Waals surface area contributed by atoms with Gasteiger partial charge in [0.05, 0.1) is 18.5 Å². The second-order valence-corrected chi connectivity index (χ2v) is 9.70. The van der Waals surface area contributed by atoms with Crippen LogP contribution in [0.3, 0.4) is 0 Å². The number of ketones is 1. The molecule has 0 amide bonds. The highest BCUT2D eigenvalue weighted by Crippen LogP contribution is 2.42. The zero-order valence-electron chi connectivity index (χ0n) is 23.3. The van der Waals surface area contributed by atoms with Gasteiger partial charge in [-0.3, -0.25) is 24.4 Å². The fourth-order valence-electron chi connectivity index (χ4n) is 5.14. The molecule has 0 aromatic carbocycles. The molecule has 3 rings (SSSR count). The maximum absolute atomic E-state index is 12.8. The molecule has 0 unspecified atom stereocenters. The summed E-state index contributed by atoms with van der Waals surface area (Å²) in [6, 6.07) is 0. The minimum absolute atomic E-state index is 0.0781. The molecule has 0 saturated heterocycles. The van der Waals surface area contributed by atoms with Crippen molar-refractivity contribution in [1.82, 2.24) is 10.3 Å². The average molecular weight is 533 g/mol. The van der Waals surface area contributed by atoms with Crippen LogP contribution in [0.25, 0.3) is 18.2 Å². The number of aromatic nitrogens is 1. The topological polar surface area (TPSA) is 133 Å². The van der Waals surface area contributed by atoms with Crippen molar-refractivity contribution in [3.05, 3.63) is 63.6 Å². The number of methoxy groups -OCH3 is 1. The third kappa shape index (κ3) is 5.77. The number of ether oxygens (including phenoxy) is 1. The fourth-order valence-corrected chi connectivity index (χ4v) is 5.14. The van der Waals surface area contributed by atoms with E-state index in [-0.39, 0.29) is 18.3 Å². The van der Waals surface area contributed by atoms with Crippen molar-refractivity contribution in [3.8, 4) is 0 Å². The molecular weight excluding hydrogens is 496 g/mol. The molecule has 0 bridgehead atoms. The molecule has 206 valence electrons. The monoisotopic (exact) mass is 532 g/mol. The fraction of sp³-hybridized carbons (Fsp3) is 0.367. The highest BCUT2D eigenvalue weighted by Gasteiger charge is 2.43. The minimum atomic E-state index is -1.15. The molecule has 1 aromatic heterocycles. The summed E-state index contributed by atoms with van der Waals surface area (Å²) >= 11 is 0. The van der Waals surface area contributed by atoms with Gasteiger partial charge in [0.1, 0.15) is 5.92 Å². The van der Waals surface area contributed by atoms with Crippen molar-refractivity contribution in [2.24, 2.45) is 27.7 Å². The number of hydrogen-bond acceptors (Lipinski definition) is 7. The van der Waals surface area contributed by atoms with Gasteiger partial charge in [-0.15, -0.1) is 0 Å². The molecule has 9 heteroatoms. The van der Waals surface area contributed by atoms with Gasteiger partial charge in [-0.1, -0.05) is 26.2 Å².